The normalized spacial score (nSPS) is 10.3. The first-order valence-corrected chi connectivity index (χ1v) is 9.54. The number of rotatable bonds is 5. The van der Waals surface area contributed by atoms with Gasteiger partial charge in [0.2, 0.25) is 0 Å². The molecule has 2 aromatic carbocycles. The Hall–Kier alpha value is -2.96. The maximum absolute atomic E-state index is 12.3. The van der Waals surface area contributed by atoms with Crippen LogP contribution in [0.3, 0.4) is 0 Å². The zero-order valence-electron chi connectivity index (χ0n) is 13.8. The number of carbonyl (C=O) groups excluding carboxylic acids is 2. The van der Waals surface area contributed by atoms with E-state index >= 15 is 0 Å². The summed E-state index contributed by atoms with van der Waals surface area (Å²) in [7, 11) is 0. The van der Waals surface area contributed by atoms with Crippen LogP contribution in [0.25, 0.3) is 5.69 Å². The second-order valence-electron chi connectivity index (χ2n) is 5.17. The standard InChI is InChI=1S/C18H15N3O4Se/c1-2-25-17(23)12-8-10-14(11-9-12)21-18(24)26-16(20-21)15(22)19-13-6-4-3-5-7-13/h3-11H,2H2,1H3,(H,19,22). The van der Waals surface area contributed by atoms with Crippen molar-refractivity contribution in [2.24, 2.45) is 0 Å². The molecule has 0 atom stereocenters. The van der Waals surface area contributed by atoms with E-state index in [4.69, 9.17) is 4.74 Å². The summed E-state index contributed by atoms with van der Waals surface area (Å²) >= 11 is -0.710. The third-order valence-corrected chi connectivity index (χ3v) is 5.09. The number of ether oxygens (including phenoxy) is 1. The van der Waals surface area contributed by atoms with E-state index in [-0.39, 0.29) is 15.6 Å². The zero-order chi connectivity index (χ0) is 18.5. The molecule has 1 N–H and O–H groups in total. The van der Waals surface area contributed by atoms with Gasteiger partial charge in [-0.1, -0.05) is 0 Å². The molecule has 3 aromatic rings. The van der Waals surface area contributed by atoms with Crippen LogP contribution in [0.15, 0.2) is 59.4 Å². The van der Waals surface area contributed by atoms with E-state index in [1.807, 2.05) is 6.07 Å². The monoisotopic (exact) mass is 417 g/mol. The van der Waals surface area contributed by atoms with Crippen molar-refractivity contribution >= 4 is 32.1 Å². The van der Waals surface area contributed by atoms with E-state index in [1.54, 1.807) is 55.5 Å². The molecule has 0 aliphatic carbocycles. The molecular weight excluding hydrogens is 401 g/mol. The Morgan fingerprint density at radius 3 is 2.46 bits per heavy atom. The van der Waals surface area contributed by atoms with Crippen molar-refractivity contribution in [1.29, 1.82) is 0 Å². The average molecular weight is 416 g/mol. The van der Waals surface area contributed by atoms with E-state index < -0.39 is 26.4 Å². The van der Waals surface area contributed by atoms with E-state index in [0.29, 0.717) is 16.9 Å². The van der Waals surface area contributed by atoms with Gasteiger partial charge in [-0.3, -0.25) is 0 Å². The first kappa shape index (κ1) is 17.8. The van der Waals surface area contributed by atoms with Crippen molar-refractivity contribution in [3.05, 3.63) is 74.0 Å². The van der Waals surface area contributed by atoms with Gasteiger partial charge < -0.3 is 0 Å². The second-order valence-corrected chi connectivity index (χ2v) is 7.14. The second kappa shape index (κ2) is 7.95. The molecule has 1 aromatic heterocycles. The summed E-state index contributed by atoms with van der Waals surface area (Å²) in [6, 6.07) is 15.3. The summed E-state index contributed by atoms with van der Waals surface area (Å²) in [6.45, 7) is 2.02. The number of hydrogen-bond donors (Lipinski definition) is 1. The molecule has 0 saturated carbocycles. The molecule has 0 radical (unpaired) electrons. The first-order chi connectivity index (χ1) is 12.6. The van der Waals surface area contributed by atoms with Gasteiger partial charge in [-0.25, -0.2) is 0 Å². The Bertz CT molecular complexity index is 978. The molecule has 8 heteroatoms. The third kappa shape index (κ3) is 3.99. The van der Waals surface area contributed by atoms with Gasteiger partial charge in [0, 0.05) is 0 Å². The minimum atomic E-state index is -0.710. The SMILES string of the molecule is CCOC(=O)c1ccc(-n2nc(C(=O)Nc3ccccc3)[se]c2=O)cc1. The van der Waals surface area contributed by atoms with E-state index in [1.165, 1.54) is 4.68 Å². The van der Waals surface area contributed by atoms with Crippen molar-refractivity contribution in [1.82, 2.24) is 9.78 Å². The molecule has 7 nitrogen and oxygen atoms in total. The van der Waals surface area contributed by atoms with Crippen molar-refractivity contribution in [3.63, 3.8) is 0 Å². The molecule has 132 valence electrons. The number of esters is 1. The van der Waals surface area contributed by atoms with Gasteiger partial charge in [0.15, 0.2) is 0 Å². The maximum atomic E-state index is 12.3. The van der Waals surface area contributed by atoms with Crippen LogP contribution in [0.5, 0.6) is 0 Å². The van der Waals surface area contributed by atoms with Gasteiger partial charge in [-0.15, -0.1) is 0 Å². The van der Waals surface area contributed by atoms with Crippen LogP contribution in [-0.2, 0) is 4.74 Å². The number of aromatic nitrogens is 2. The molecule has 1 amide bonds. The van der Waals surface area contributed by atoms with Gasteiger partial charge in [0.25, 0.3) is 0 Å². The summed E-state index contributed by atoms with van der Waals surface area (Å²) < 4.78 is 6.06. The van der Waals surface area contributed by atoms with Crippen molar-refractivity contribution < 1.29 is 14.3 Å². The molecule has 0 spiro atoms. The van der Waals surface area contributed by atoms with Crippen LogP contribution in [0.2, 0.25) is 0 Å². The molecule has 0 aliphatic rings. The number of nitrogens with zero attached hydrogens (tertiary/aromatic N) is 2. The average Bonchev–Trinajstić information content (AvgIpc) is 3.05. The van der Waals surface area contributed by atoms with Gasteiger partial charge in [-0.05, 0) is 0 Å². The Morgan fingerprint density at radius 2 is 1.81 bits per heavy atom. The predicted octanol–water partition coefficient (Wildman–Crippen LogP) is 1.72. The van der Waals surface area contributed by atoms with Gasteiger partial charge >= 0.3 is 155 Å². The predicted molar refractivity (Wildman–Crippen MR) is 97.1 cm³/mol. The fourth-order valence-electron chi connectivity index (χ4n) is 2.19. The molecule has 26 heavy (non-hydrogen) atoms. The number of anilines is 1. The molecule has 0 unspecified atom stereocenters. The molecule has 0 bridgehead atoms. The number of carbonyl (C=O) groups is 2. The summed E-state index contributed by atoms with van der Waals surface area (Å²) in [5.41, 5.74) is 1.52. The molecule has 3 rings (SSSR count). The summed E-state index contributed by atoms with van der Waals surface area (Å²) in [5.74, 6) is -0.822. The molecule has 0 saturated heterocycles. The summed E-state index contributed by atoms with van der Waals surface area (Å²) in [6.07, 6.45) is 0. The molecule has 0 aliphatic heterocycles. The fourth-order valence-corrected chi connectivity index (χ4v) is 3.59. The van der Waals surface area contributed by atoms with Gasteiger partial charge in [0.05, 0.1) is 0 Å². The molecular formula is C18H15N3O4Se. The van der Waals surface area contributed by atoms with Crippen LogP contribution in [0, 0.1) is 0 Å². The van der Waals surface area contributed by atoms with Crippen LogP contribution in [-0.4, -0.2) is 42.8 Å². The van der Waals surface area contributed by atoms with Crippen LogP contribution in [0.1, 0.15) is 26.6 Å². The Morgan fingerprint density at radius 1 is 1.12 bits per heavy atom. The quantitative estimate of drug-likeness (QED) is 0.505. The van der Waals surface area contributed by atoms with Crippen LogP contribution >= 0.6 is 0 Å². The van der Waals surface area contributed by atoms with Gasteiger partial charge in [0.1, 0.15) is 0 Å². The van der Waals surface area contributed by atoms with Crippen molar-refractivity contribution in [3.8, 4) is 5.69 Å². The number of amides is 1. The van der Waals surface area contributed by atoms with Crippen molar-refractivity contribution in [2.75, 3.05) is 11.9 Å². The molecule has 0 fully saturated rings. The van der Waals surface area contributed by atoms with E-state index in [0.717, 1.165) is 0 Å². The Labute approximate surface area is 155 Å². The third-order valence-electron chi connectivity index (χ3n) is 3.40. The summed E-state index contributed by atoms with van der Waals surface area (Å²) in [5, 5.41) is 6.87. The molecule has 1 heterocycles. The van der Waals surface area contributed by atoms with E-state index in [9.17, 15) is 14.4 Å². The number of nitrogens with one attached hydrogen (secondary N) is 1. The number of hydrogen-bond acceptors (Lipinski definition) is 5. The summed E-state index contributed by atoms with van der Waals surface area (Å²) in [4.78, 5) is 36.2. The van der Waals surface area contributed by atoms with Gasteiger partial charge in [-0.2, -0.15) is 0 Å². The number of para-hydroxylation sites is 1. The van der Waals surface area contributed by atoms with E-state index in [2.05, 4.69) is 10.4 Å². The zero-order valence-corrected chi connectivity index (χ0v) is 15.6. The van der Waals surface area contributed by atoms with Crippen LogP contribution in [0.4, 0.5) is 5.69 Å². The topological polar surface area (TPSA) is 90.3 Å². The van der Waals surface area contributed by atoms with Crippen molar-refractivity contribution in [2.45, 2.75) is 6.92 Å². The van der Waals surface area contributed by atoms with Crippen LogP contribution < -0.4 is 9.75 Å². The first-order valence-electron chi connectivity index (χ1n) is 7.82. The Balaban J connectivity index is 1.81. The number of benzene rings is 2. The Kier molecular flexibility index (Phi) is 5.46. The fraction of sp³-hybridized carbons (Fsp3) is 0.111. The minimum absolute atomic E-state index is 0.195.